The summed E-state index contributed by atoms with van der Waals surface area (Å²) in [5.74, 6) is -1.90. The van der Waals surface area contributed by atoms with Gasteiger partial charge in [-0.25, -0.2) is 4.79 Å². The smallest absolute Gasteiger partial charge is 0.336 e. The quantitative estimate of drug-likeness (QED) is 0.501. The second-order valence-electron chi connectivity index (χ2n) is 11.7. The number of hydrogen-bond donors (Lipinski definition) is 2. The third kappa shape index (κ3) is 2.67. The molecule has 4 fully saturated rings. The molecule has 2 N–H and O–H groups in total. The van der Waals surface area contributed by atoms with E-state index in [2.05, 4.69) is 33.8 Å². The number of ether oxygens (including phenoxy) is 2. The van der Waals surface area contributed by atoms with Gasteiger partial charge >= 0.3 is 5.97 Å². The molecule has 0 aromatic heterocycles. The minimum Gasteiger partial charge on any atom is -0.429 e. The molecule has 5 rings (SSSR count). The van der Waals surface area contributed by atoms with Crippen molar-refractivity contribution < 1.29 is 24.5 Å². The van der Waals surface area contributed by atoms with Gasteiger partial charge in [0.15, 0.2) is 0 Å². The van der Waals surface area contributed by atoms with Gasteiger partial charge in [0.2, 0.25) is 5.79 Å². The second kappa shape index (κ2) is 6.20. The molecular weight excluding hydrogens is 380 g/mol. The second-order valence-corrected chi connectivity index (χ2v) is 11.7. The Morgan fingerprint density at radius 1 is 1.23 bits per heavy atom. The molecule has 2 saturated heterocycles. The first kappa shape index (κ1) is 20.7. The molecule has 2 saturated carbocycles. The largest absolute Gasteiger partial charge is 0.429 e. The Morgan fingerprint density at radius 3 is 2.67 bits per heavy atom. The van der Waals surface area contributed by atoms with Gasteiger partial charge in [-0.15, -0.1) is 0 Å². The van der Waals surface area contributed by atoms with Crippen molar-refractivity contribution >= 4 is 5.97 Å². The lowest BCUT2D eigenvalue weighted by Gasteiger charge is -2.45. The van der Waals surface area contributed by atoms with E-state index < -0.39 is 23.3 Å². The van der Waals surface area contributed by atoms with Gasteiger partial charge in [-0.1, -0.05) is 31.6 Å². The Bertz CT molecular complexity index is 838. The highest BCUT2D eigenvalue weighted by molar-refractivity contribution is 5.92. The molecule has 2 heterocycles. The van der Waals surface area contributed by atoms with Crippen LogP contribution >= 0.6 is 0 Å². The molecule has 9 atom stereocenters. The van der Waals surface area contributed by atoms with Crippen molar-refractivity contribution in [2.45, 2.75) is 96.2 Å². The molecule has 0 amide bonds. The molecule has 30 heavy (non-hydrogen) atoms. The van der Waals surface area contributed by atoms with Gasteiger partial charge in [0.05, 0.1) is 23.2 Å². The molecule has 1 spiro atoms. The zero-order valence-electron chi connectivity index (χ0n) is 18.9. The minimum absolute atomic E-state index is 0.0122. The van der Waals surface area contributed by atoms with Crippen molar-refractivity contribution in [3.63, 3.8) is 0 Å². The lowest BCUT2D eigenvalue weighted by molar-refractivity contribution is -0.199. The van der Waals surface area contributed by atoms with Crippen molar-refractivity contribution in [3.05, 3.63) is 23.3 Å². The summed E-state index contributed by atoms with van der Waals surface area (Å²) < 4.78 is 12.3. The molecule has 1 unspecified atom stereocenters. The number of carbonyl (C=O) groups excluding carboxylic acids is 1. The standard InChI is InChI=1S/C25H36O5/c1-14(2)10-16-11-15(3)24(29-16)9-8-22(4)12-18-20-17(6-7-19(22)24)21(26)30-25(20,28)13-23(18,5)27/h6,10,15-16,18-20,27-28H,7-9,11-13H2,1-5H3/b17-6+/t15-,16-,18-,19+,20+,22+,23+,24-,25?/m0/s1. The monoisotopic (exact) mass is 416 g/mol. The Hall–Kier alpha value is -1.17. The van der Waals surface area contributed by atoms with Gasteiger partial charge in [0.25, 0.3) is 0 Å². The Labute approximate surface area is 179 Å². The zero-order chi connectivity index (χ0) is 21.7. The maximum Gasteiger partial charge on any atom is 0.336 e. The normalized spacial score (nSPS) is 56.0. The SMILES string of the molecule is CC(C)=C[C@H]1C[C@H](C)[C@]2(CC[C@]3(C)C[C@H]4[C@H]5/C(=C\C[C@H]32)C(=O)OC5(O)C[C@@]4(C)O)O1. The van der Waals surface area contributed by atoms with E-state index in [1.165, 1.54) is 5.57 Å². The van der Waals surface area contributed by atoms with E-state index in [9.17, 15) is 15.0 Å². The van der Waals surface area contributed by atoms with Crippen molar-refractivity contribution in [3.8, 4) is 0 Å². The molecule has 0 bridgehead atoms. The summed E-state index contributed by atoms with van der Waals surface area (Å²) in [5, 5.41) is 22.3. The van der Waals surface area contributed by atoms with Gasteiger partial charge in [0, 0.05) is 17.9 Å². The highest BCUT2D eigenvalue weighted by Gasteiger charge is 2.70. The lowest BCUT2D eigenvalue weighted by atomic mass is 9.62. The predicted molar refractivity (Wildman–Crippen MR) is 112 cm³/mol. The number of aliphatic hydroxyl groups is 2. The third-order valence-electron chi connectivity index (χ3n) is 9.23. The van der Waals surface area contributed by atoms with Gasteiger partial charge in [0.1, 0.15) is 0 Å². The van der Waals surface area contributed by atoms with Crippen LogP contribution in [0.1, 0.15) is 73.1 Å². The number of allylic oxidation sites excluding steroid dienone is 2. The average molecular weight is 417 g/mol. The van der Waals surface area contributed by atoms with E-state index >= 15 is 0 Å². The van der Waals surface area contributed by atoms with Crippen LogP contribution in [0.5, 0.6) is 0 Å². The Morgan fingerprint density at radius 2 is 1.97 bits per heavy atom. The van der Waals surface area contributed by atoms with Crippen LogP contribution in [0.15, 0.2) is 23.3 Å². The van der Waals surface area contributed by atoms with Crippen LogP contribution in [0.3, 0.4) is 0 Å². The topological polar surface area (TPSA) is 76.0 Å². The highest BCUT2D eigenvalue weighted by atomic mass is 16.7. The fourth-order valence-corrected chi connectivity index (χ4v) is 7.97. The van der Waals surface area contributed by atoms with E-state index in [0.717, 1.165) is 32.1 Å². The van der Waals surface area contributed by atoms with Gasteiger partial charge in [-0.3, -0.25) is 0 Å². The van der Waals surface area contributed by atoms with E-state index in [1.807, 2.05) is 6.08 Å². The first-order chi connectivity index (χ1) is 13.9. The van der Waals surface area contributed by atoms with Crippen LogP contribution in [-0.2, 0) is 14.3 Å². The predicted octanol–water partition coefficient (Wildman–Crippen LogP) is 3.89. The fraction of sp³-hybridized carbons (Fsp3) is 0.800. The molecule has 3 aliphatic carbocycles. The molecule has 0 radical (unpaired) electrons. The zero-order valence-corrected chi connectivity index (χ0v) is 18.9. The molecular formula is C25H36O5. The molecule has 2 aliphatic heterocycles. The molecule has 0 aromatic rings. The van der Waals surface area contributed by atoms with E-state index in [4.69, 9.17) is 9.47 Å². The molecule has 5 aliphatic rings. The lowest BCUT2D eigenvalue weighted by Crippen LogP contribution is -2.46. The summed E-state index contributed by atoms with van der Waals surface area (Å²) in [5.41, 5.74) is 0.575. The molecule has 166 valence electrons. The van der Waals surface area contributed by atoms with E-state index in [0.29, 0.717) is 11.5 Å². The first-order valence-corrected chi connectivity index (χ1v) is 11.6. The van der Waals surface area contributed by atoms with Crippen LogP contribution in [0, 0.1) is 29.1 Å². The number of esters is 1. The van der Waals surface area contributed by atoms with Gasteiger partial charge in [-0.2, -0.15) is 0 Å². The van der Waals surface area contributed by atoms with E-state index in [-0.39, 0.29) is 35.4 Å². The van der Waals surface area contributed by atoms with Crippen molar-refractivity contribution in [2.24, 2.45) is 29.1 Å². The summed E-state index contributed by atoms with van der Waals surface area (Å²) in [6, 6.07) is 0. The van der Waals surface area contributed by atoms with Crippen LogP contribution in [0.4, 0.5) is 0 Å². The molecule has 0 aromatic carbocycles. The van der Waals surface area contributed by atoms with Crippen molar-refractivity contribution in [1.29, 1.82) is 0 Å². The Kier molecular flexibility index (Phi) is 4.28. The summed E-state index contributed by atoms with van der Waals surface area (Å²) in [4.78, 5) is 12.6. The van der Waals surface area contributed by atoms with Crippen LogP contribution in [0.2, 0.25) is 0 Å². The number of hydrogen-bond acceptors (Lipinski definition) is 5. The maximum atomic E-state index is 12.6. The van der Waals surface area contributed by atoms with Crippen LogP contribution in [0.25, 0.3) is 0 Å². The van der Waals surface area contributed by atoms with Crippen molar-refractivity contribution in [2.75, 3.05) is 0 Å². The third-order valence-corrected chi connectivity index (χ3v) is 9.23. The van der Waals surface area contributed by atoms with Crippen molar-refractivity contribution in [1.82, 2.24) is 0 Å². The fourth-order valence-electron chi connectivity index (χ4n) is 7.97. The summed E-state index contributed by atoms with van der Waals surface area (Å²) in [6.45, 7) is 10.7. The van der Waals surface area contributed by atoms with E-state index in [1.54, 1.807) is 6.92 Å². The Balaban J connectivity index is 1.56. The summed E-state index contributed by atoms with van der Waals surface area (Å²) in [7, 11) is 0. The highest BCUT2D eigenvalue weighted by Crippen LogP contribution is 2.66. The van der Waals surface area contributed by atoms with Gasteiger partial charge in [-0.05, 0) is 70.1 Å². The summed E-state index contributed by atoms with van der Waals surface area (Å²) >= 11 is 0. The number of rotatable bonds is 1. The number of fused-ring (bicyclic) bond motifs is 2. The van der Waals surface area contributed by atoms with Crippen LogP contribution in [-0.4, -0.2) is 39.3 Å². The van der Waals surface area contributed by atoms with Crippen LogP contribution < -0.4 is 0 Å². The first-order valence-electron chi connectivity index (χ1n) is 11.6. The maximum absolute atomic E-state index is 12.6. The van der Waals surface area contributed by atoms with Gasteiger partial charge < -0.3 is 19.7 Å². The molecule has 5 nitrogen and oxygen atoms in total. The summed E-state index contributed by atoms with van der Waals surface area (Å²) in [6.07, 6.45) is 9.10. The molecule has 5 heteroatoms. The number of carbonyl (C=O) groups is 1. The minimum atomic E-state index is -1.57. The average Bonchev–Trinajstić information content (AvgIpc) is 3.17.